The average Bonchev–Trinajstić information content (AvgIpc) is 3.67. The summed E-state index contributed by atoms with van der Waals surface area (Å²) in [6.07, 6.45) is -0.567. The molecule has 38 heavy (non-hydrogen) atoms. The summed E-state index contributed by atoms with van der Waals surface area (Å²) < 4.78 is 14.1. The first-order chi connectivity index (χ1) is 18.3. The molecule has 2 fully saturated rings. The van der Waals surface area contributed by atoms with Gasteiger partial charge in [-0.25, -0.2) is 24.9 Å². The molecule has 204 valence electrons. The molecule has 4 aromatic rings. The molecule has 2 aliphatic heterocycles. The fraction of sp³-hybridized carbons (Fsp3) is 0.476. The summed E-state index contributed by atoms with van der Waals surface area (Å²) in [6.45, 7) is -0.635. The molecule has 0 amide bonds. The van der Waals surface area contributed by atoms with Crippen molar-refractivity contribution in [1.82, 2.24) is 34.1 Å². The van der Waals surface area contributed by atoms with Gasteiger partial charge in [-0.2, -0.15) is 0 Å². The molecule has 0 saturated carbocycles. The summed E-state index contributed by atoms with van der Waals surface area (Å²) in [5.74, 6) is 0.578. The molecule has 17 nitrogen and oxygen atoms in total. The maximum absolute atomic E-state index is 10.1. The molecule has 8 atom stereocenters. The number of ether oxygens (including phenoxy) is 2. The van der Waals surface area contributed by atoms with Crippen LogP contribution in [0, 0.1) is 0 Å². The highest BCUT2D eigenvalue weighted by molar-refractivity contribution is 5.86. The smallest absolute Gasteiger partial charge is 0.167 e. The SMILES string of the molecule is Nc1ncnc2c1ccn2[C@@H]1O[C@H](CO)[C@@H](O)[C@H]1O.Nc1ncnc2c1ncn2[C@@H]1O[C@H](CO)C(N)[C@H]1O. The topological polar surface area (TPSA) is 272 Å². The summed E-state index contributed by atoms with van der Waals surface area (Å²) in [6, 6.07) is 1.03. The first-order valence-corrected chi connectivity index (χ1v) is 11.6. The number of aliphatic hydroxyl groups excluding tert-OH is 5. The van der Waals surface area contributed by atoms with E-state index in [1.54, 1.807) is 16.8 Å². The standard InChI is InChI=1S/C11H14N4O4.C10H14N6O3/c12-9-5-1-2-15(10(5)14-4-13-9)11-8(18)7(17)6(3-16)19-11;11-5-4(1-17)19-10(7(5)18)16-3-15-6-8(12)13-2-14-9(6)16/h1-2,4,6-8,11,16-18H,3H2,(H2,12,13,14);2-5,7,10,17-18H,1,11H2,(H2,12,13,14)/t6-,7-,8-,11-;4-,5?,7-,10-/m11/s1. The van der Waals surface area contributed by atoms with Gasteiger partial charge in [0.25, 0.3) is 0 Å². The molecular weight excluding hydrogens is 504 g/mol. The van der Waals surface area contributed by atoms with Crippen molar-refractivity contribution in [3.8, 4) is 0 Å². The second-order valence-corrected chi connectivity index (χ2v) is 8.85. The highest BCUT2D eigenvalue weighted by atomic mass is 16.6. The van der Waals surface area contributed by atoms with Crippen LogP contribution in [-0.2, 0) is 9.47 Å². The van der Waals surface area contributed by atoms with Crippen molar-refractivity contribution in [1.29, 1.82) is 0 Å². The molecule has 0 aromatic carbocycles. The van der Waals surface area contributed by atoms with Crippen molar-refractivity contribution in [2.45, 2.75) is 49.0 Å². The summed E-state index contributed by atoms with van der Waals surface area (Å²) in [5.41, 5.74) is 18.6. The van der Waals surface area contributed by atoms with Gasteiger partial charge in [0.1, 0.15) is 60.2 Å². The van der Waals surface area contributed by atoms with Gasteiger partial charge in [-0.3, -0.25) is 4.57 Å². The third-order valence-electron chi connectivity index (χ3n) is 6.60. The molecule has 4 aromatic heterocycles. The van der Waals surface area contributed by atoms with Crippen LogP contribution in [0.15, 0.2) is 31.2 Å². The van der Waals surface area contributed by atoms with Crippen molar-refractivity contribution in [3.05, 3.63) is 31.2 Å². The van der Waals surface area contributed by atoms with Gasteiger partial charge in [-0.15, -0.1) is 0 Å². The van der Waals surface area contributed by atoms with Crippen LogP contribution in [0.5, 0.6) is 0 Å². The van der Waals surface area contributed by atoms with E-state index in [1.807, 2.05) is 0 Å². The summed E-state index contributed by atoms with van der Waals surface area (Å²) >= 11 is 0. The van der Waals surface area contributed by atoms with Gasteiger partial charge < -0.3 is 56.8 Å². The number of fused-ring (bicyclic) bond motifs is 2. The minimum atomic E-state index is -1.15. The van der Waals surface area contributed by atoms with Gasteiger partial charge >= 0.3 is 0 Å². The second-order valence-electron chi connectivity index (χ2n) is 8.85. The van der Waals surface area contributed by atoms with Crippen molar-refractivity contribution in [2.75, 3.05) is 24.7 Å². The van der Waals surface area contributed by atoms with Crippen LogP contribution in [0.25, 0.3) is 22.2 Å². The maximum Gasteiger partial charge on any atom is 0.167 e. The first kappa shape index (κ1) is 26.1. The van der Waals surface area contributed by atoms with Crippen LogP contribution >= 0.6 is 0 Å². The van der Waals surface area contributed by atoms with Crippen LogP contribution in [0.2, 0.25) is 0 Å². The first-order valence-electron chi connectivity index (χ1n) is 11.6. The lowest BCUT2D eigenvalue weighted by Gasteiger charge is -2.17. The molecule has 0 aliphatic carbocycles. The van der Waals surface area contributed by atoms with Gasteiger partial charge in [-0.1, -0.05) is 0 Å². The summed E-state index contributed by atoms with van der Waals surface area (Å²) in [7, 11) is 0. The quantitative estimate of drug-likeness (QED) is 0.127. The number of anilines is 2. The van der Waals surface area contributed by atoms with Crippen LogP contribution < -0.4 is 17.2 Å². The molecule has 17 heteroatoms. The molecule has 6 rings (SSSR count). The fourth-order valence-electron chi connectivity index (χ4n) is 4.52. The Morgan fingerprint density at radius 1 is 0.763 bits per heavy atom. The Morgan fingerprint density at radius 3 is 2.05 bits per heavy atom. The predicted octanol–water partition coefficient (Wildman–Crippen LogP) is -3.39. The van der Waals surface area contributed by atoms with E-state index in [0.29, 0.717) is 28.0 Å². The van der Waals surface area contributed by atoms with E-state index in [4.69, 9.17) is 36.9 Å². The number of nitrogens with zero attached hydrogens (tertiary/aromatic N) is 7. The van der Waals surface area contributed by atoms with E-state index in [0.717, 1.165) is 0 Å². The number of aromatic nitrogens is 7. The Labute approximate surface area is 214 Å². The number of hydrogen-bond acceptors (Lipinski definition) is 15. The number of hydrogen-bond donors (Lipinski definition) is 8. The number of nitrogens with two attached hydrogens (primary N) is 3. The van der Waals surface area contributed by atoms with Crippen LogP contribution in [0.4, 0.5) is 11.6 Å². The Balaban J connectivity index is 0.000000155. The number of imidazole rings is 1. The van der Waals surface area contributed by atoms with Gasteiger partial charge in [0.15, 0.2) is 23.9 Å². The van der Waals surface area contributed by atoms with Crippen molar-refractivity contribution in [3.63, 3.8) is 0 Å². The molecule has 1 unspecified atom stereocenters. The number of rotatable bonds is 4. The normalized spacial score (nSPS) is 31.1. The zero-order chi connectivity index (χ0) is 27.1. The molecule has 0 spiro atoms. The molecular formula is C21H28N10O7. The minimum absolute atomic E-state index is 0.249. The largest absolute Gasteiger partial charge is 0.394 e. The van der Waals surface area contributed by atoms with Crippen molar-refractivity contribution >= 4 is 33.8 Å². The Bertz CT molecular complexity index is 1310. The van der Waals surface area contributed by atoms with E-state index in [1.165, 1.54) is 23.5 Å². The lowest BCUT2D eigenvalue weighted by Crippen LogP contribution is -2.41. The predicted molar refractivity (Wildman–Crippen MR) is 130 cm³/mol. The zero-order valence-electron chi connectivity index (χ0n) is 19.8. The maximum atomic E-state index is 10.1. The zero-order valence-corrected chi connectivity index (χ0v) is 19.8. The highest BCUT2D eigenvalue weighted by Crippen LogP contribution is 2.33. The number of aliphatic hydroxyl groups is 5. The van der Waals surface area contributed by atoms with E-state index in [2.05, 4.69) is 24.9 Å². The van der Waals surface area contributed by atoms with E-state index in [9.17, 15) is 15.3 Å². The third-order valence-corrected chi connectivity index (χ3v) is 6.60. The lowest BCUT2D eigenvalue weighted by atomic mass is 10.1. The second kappa shape index (κ2) is 10.3. The number of nitrogen functional groups attached to an aromatic ring is 2. The van der Waals surface area contributed by atoms with E-state index >= 15 is 0 Å². The molecule has 6 heterocycles. The third kappa shape index (κ3) is 4.29. The van der Waals surface area contributed by atoms with Crippen LogP contribution in [0.3, 0.4) is 0 Å². The summed E-state index contributed by atoms with van der Waals surface area (Å²) in [4.78, 5) is 20.0. The van der Waals surface area contributed by atoms with Gasteiger partial charge in [-0.05, 0) is 6.07 Å². The van der Waals surface area contributed by atoms with E-state index < -0.39 is 49.0 Å². The van der Waals surface area contributed by atoms with Crippen molar-refractivity contribution in [2.24, 2.45) is 5.73 Å². The molecule has 11 N–H and O–H groups in total. The molecule has 0 bridgehead atoms. The van der Waals surface area contributed by atoms with Crippen LogP contribution in [0.1, 0.15) is 12.5 Å². The minimum Gasteiger partial charge on any atom is -0.394 e. The highest BCUT2D eigenvalue weighted by Gasteiger charge is 2.44. The van der Waals surface area contributed by atoms with Gasteiger partial charge in [0.2, 0.25) is 0 Å². The van der Waals surface area contributed by atoms with Gasteiger partial charge in [0, 0.05) is 6.20 Å². The van der Waals surface area contributed by atoms with Crippen LogP contribution in [-0.4, -0.2) is 109 Å². The Morgan fingerprint density at radius 2 is 1.39 bits per heavy atom. The van der Waals surface area contributed by atoms with Gasteiger partial charge in [0.05, 0.1) is 31.0 Å². The Kier molecular flexibility index (Phi) is 7.07. The van der Waals surface area contributed by atoms with E-state index in [-0.39, 0.29) is 19.0 Å². The fourth-order valence-corrected chi connectivity index (χ4v) is 4.52. The molecule has 2 saturated heterocycles. The lowest BCUT2D eigenvalue weighted by molar-refractivity contribution is -0.0508. The molecule has 2 aliphatic rings. The average molecular weight is 533 g/mol. The van der Waals surface area contributed by atoms with Crippen molar-refractivity contribution < 1.29 is 35.0 Å². The summed E-state index contributed by atoms with van der Waals surface area (Å²) in [5, 5.41) is 48.7. The monoisotopic (exact) mass is 532 g/mol. The molecule has 0 radical (unpaired) electrons. The Hall–Kier alpha value is -3.55.